The molecule has 0 fully saturated rings. The van der Waals surface area contributed by atoms with E-state index in [2.05, 4.69) is 109 Å². The highest BCUT2D eigenvalue weighted by atomic mass is 15.0. The quantitative estimate of drug-likeness (QED) is 0.256. The average molecular weight is 485 g/mol. The molecule has 0 aliphatic heterocycles. The number of para-hydroxylation sites is 1. The predicted molar refractivity (Wildman–Crippen MR) is 161 cm³/mol. The Morgan fingerprint density at radius 2 is 1.08 bits per heavy atom. The lowest BCUT2D eigenvalue weighted by molar-refractivity contribution is 1.16. The number of rotatable bonds is 4. The lowest BCUT2D eigenvalue weighted by Gasteiger charge is -2.11. The maximum atomic E-state index is 4.99. The zero-order valence-corrected chi connectivity index (χ0v) is 21.0. The molecule has 0 aliphatic carbocycles. The fourth-order valence-electron chi connectivity index (χ4n) is 5.33. The van der Waals surface area contributed by atoms with Crippen LogP contribution in [0.4, 0.5) is 0 Å². The van der Waals surface area contributed by atoms with Gasteiger partial charge in [-0.3, -0.25) is 0 Å². The molecule has 3 nitrogen and oxygen atoms in total. The van der Waals surface area contributed by atoms with Crippen LogP contribution in [0.2, 0.25) is 0 Å². The molecule has 2 aromatic heterocycles. The van der Waals surface area contributed by atoms with E-state index in [4.69, 9.17) is 9.97 Å². The first kappa shape index (κ1) is 22.3. The summed E-state index contributed by atoms with van der Waals surface area (Å²) >= 11 is 0. The first-order valence-corrected chi connectivity index (χ1v) is 12.9. The van der Waals surface area contributed by atoms with Gasteiger partial charge in [0, 0.05) is 33.2 Å². The number of aromatic nitrogens is 3. The van der Waals surface area contributed by atoms with E-state index in [1.807, 2.05) is 36.4 Å². The van der Waals surface area contributed by atoms with Crippen LogP contribution < -0.4 is 5.46 Å². The maximum absolute atomic E-state index is 4.99. The molecule has 178 valence electrons. The average Bonchev–Trinajstić information content (AvgIpc) is 3.33. The molecule has 0 atom stereocenters. The predicted octanol–water partition coefficient (Wildman–Crippen LogP) is 6.83. The number of fused-ring (bicyclic) bond motifs is 3. The second kappa shape index (κ2) is 9.17. The van der Waals surface area contributed by atoms with E-state index in [1.165, 1.54) is 27.3 Å². The summed E-state index contributed by atoms with van der Waals surface area (Å²) in [6.07, 6.45) is 0. The Kier molecular flexibility index (Phi) is 5.37. The van der Waals surface area contributed by atoms with E-state index in [1.54, 1.807) is 0 Å². The number of nitrogens with zero attached hydrogens (tertiary/aromatic N) is 3. The topological polar surface area (TPSA) is 30.7 Å². The summed E-state index contributed by atoms with van der Waals surface area (Å²) in [7, 11) is 2.18. The third-order valence-electron chi connectivity index (χ3n) is 7.15. The van der Waals surface area contributed by atoms with Gasteiger partial charge in [-0.25, -0.2) is 9.97 Å². The first-order chi connectivity index (χ1) is 18.8. The summed E-state index contributed by atoms with van der Waals surface area (Å²) in [4.78, 5) is 9.97. The second-order valence-corrected chi connectivity index (χ2v) is 9.56. The normalized spacial score (nSPS) is 11.3. The van der Waals surface area contributed by atoms with E-state index < -0.39 is 0 Å². The summed E-state index contributed by atoms with van der Waals surface area (Å²) in [5.74, 6) is 0.717. The molecule has 0 unspecified atom stereocenters. The minimum absolute atomic E-state index is 0.717. The fourth-order valence-corrected chi connectivity index (χ4v) is 5.33. The van der Waals surface area contributed by atoms with Gasteiger partial charge in [-0.05, 0) is 42.5 Å². The largest absolute Gasteiger partial charge is 0.309 e. The van der Waals surface area contributed by atoms with Crippen molar-refractivity contribution in [3.8, 4) is 39.6 Å². The van der Waals surface area contributed by atoms with Gasteiger partial charge in [-0.1, -0.05) is 96.5 Å². The van der Waals surface area contributed by atoms with E-state index in [0.717, 1.165) is 39.6 Å². The molecule has 0 spiro atoms. The molecular formula is C34H24BN3. The van der Waals surface area contributed by atoms with Crippen LogP contribution in [0.15, 0.2) is 133 Å². The van der Waals surface area contributed by atoms with Crippen LogP contribution in [0, 0.1) is 0 Å². The van der Waals surface area contributed by atoms with Gasteiger partial charge < -0.3 is 4.57 Å². The molecule has 4 heteroatoms. The molecule has 2 heterocycles. The van der Waals surface area contributed by atoms with Crippen molar-refractivity contribution in [2.24, 2.45) is 0 Å². The van der Waals surface area contributed by atoms with Crippen molar-refractivity contribution in [2.75, 3.05) is 0 Å². The Hall–Kier alpha value is -4.96. The second-order valence-electron chi connectivity index (χ2n) is 9.56. The highest BCUT2D eigenvalue weighted by molar-refractivity contribution is 6.41. The maximum Gasteiger partial charge on any atom is 0.160 e. The highest BCUT2D eigenvalue weighted by Crippen LogP contribution is 2.32. The van der Waals surface area contributed by atoms with E-state index in [9.17, 15) is 0 Å². The third-order valence-corrected chi connectivity index (χ3v) is 7.15. The molecule has 38 heavy (non-hydrogen) atoms. The monoisotopic (exact) mass is 485 g/mol. The standard InChI is InChI=1S/C34H24BN3/c35-28-15-9-17-32-33(28)27-14-7-8-16-31(27)38(32)26-20-18-25(19-21-26)34-36-29(23-10-3-1-4-11-23)22-30(37-34)24-12-5-2-6-13-24/h1-22H,35H2. The summed E-state index contributed by atoms with van der Waals surface area (Å²) in [5, 5.41) is 2.58. The first-order valence-electron chi connectivity index (χ1n) is 12.9. The van der Waals surface area contributed by atoms with Gasteiger partial charge in [0.1, 0.15) is 7.85 Å². The minimum atomic E-state index is 0.717. The molecule has 0 radical (unpaired) electrons. The molecule has 0 bridgehead atoms. The van der Waals surface area contributed by atoms with Crippen LogP contribution in [-0.4, -0.2) is 22.4 Å². The van der Waals surface area contributed by atoms with E-state index >= 15 is 0 Å². The van der Waals surface area contributed by atoms with Crippen LogP contribution >= 0.6 is 0 Å². The molecule has 0 amide bonds. The fraction of sp³-hybridized carbons (Fsp3) is 0. The zero-order valence-electron chi connectivity index (χ0n) is 21.0. The van der Waals surface area contributed by atoms with Gasteiger partial charge in [-0.2, -0.15) is 0 Å². The van der Waals surface area contributed by atoms with E-state index in [0.29, 0.717) is 0 Å². The molecular weight excluding hydrogens is 461 g/mol. The summed E-state index contributed by atoms with van der Waals surface area (Å²) in [6.45, 7) is 0. The van der Waals surface area contributed by atoms with Crippen molar-refractivity contribution in [2.45, 2.75) is 0 Å². The van der Waals surface area contributed by atoms with E-state index in [-0.39, 0.29) is 0 Å². The van der Waals surface area contributed by atoms with Gasteiger partial charge in [-0.15, -0.1) is 0 Å². The van der Waals surface area contributed by atoms with Gasteiger partial charge in [0.2, 0.25) is 0 Å². The minimum Gasteiger partial charge on any atom is -0.309 e. The third kappa shape index (κ3) is 3.79. The molecule has 0 saturated carbocycles. The summed E-state index contributed by atoms with van der Waals surface area (Å²) in [5.41, 5.74) is 9.79. The molecule has 7 aromatic rings. The van der Waals surface area contributed by atoms with Crippen LogP contribution in [0.25, 0.3) is 61.4 Å². The van der Waals surface area contributed by atoms with Crippen LogP contribution in [-0.2, 0) is 0 Å². The molecule has 0 aliphatic rings. The number of benzene rings is 5. The molecule has 0 N–H and O–H groups in total. The van der Waals surface area contributed by atoms with Crippen LogP contribution in [0.5, 0.6) is 0 Å². The van der Waals surface area contributed by atoms with Gasteiger partial charge >= 0.3 is 0 Å². The summed E-state index contributed by atoms with van der Waals surface area (Å²) in [6, 6.07) is 46.4. The lowest BCUT2D eigenvalue weighted by Crippen LogP contribution is -2.02. The van der Waals surface area contributed by atoms with Crippen LogP contribution in [0.1, 0.15) is 0 Å². The Labute approximate surface area is 222 Å². The number of hydrogen-bond acceptors (Lipinski definition) is 2. The smallest absolute Gasteiger partial charge is 0.160 e. The van der Waals surface area contributed by atoms with Crippen molar-refractivity contribution >= 4 is 35.1 Å². The van der Waals surface area contributed by atoms with Crippen molar-refractivity contribution in [1.29, 1.82) is 0 Å². The Bertz CT molecular complexity index is 1850. The zero-order chi connectivity index (χ0) is 25.5. The van der Waals surface area contributed by atoms with Gasteiger partial charge in [0.05, 0.1) is 22.4 Å². The molecule has 7 rings (SSSR count). The van der Waals surface area contributed by atoms with Crippen molar-refractivity contribution in [1.82, 2.24) is 14.5 Å². The number of hydrogen-bond donors (Lipinski definition) is 0. The van der Waals surface area contributed by atoms with Gasteiger partial charge in [0.25, 0.3) is 0 Å². The van der Waals surface area contributed by atoms with Gasteiger partial charge in [0.15, 0.2) is 5.82 Å². The Morgan fingerprint density at radius 1 is 0.500 bits per heavy atom. The summed E-state index contributed by atoms with van der Waals surface area (Å²) < 4.78 is 2.35. The highest BCUT2D eigenvalue weighted by Gasteiger charge is 2.14. The van der Waals surface area contributed by atoms with Crippen molar-refractivity contribution in [3.05, 3.63) is 133 Å². The SMILES string of the molecule is Bc1cccc2c1c1ccccc1n2-c1ccc(-c2nc(-c3ccccc3)cc(-c3ccccc3)n2)cc1. The molecule has 5 aromatic carbocycles. The Balaban J connectivity index is 1.37. The Morgan fingerprint density at radius 3 is 1.74 bits per heavy atom. The van der Waals surface area contributed by atoms with Crippen molar-refractivity contribution < 1.29 is 0 Å². The van der Waals surface area contributed by atoms with Crippen LogP contribution in [0.3, 0.4) is 0 Å². The lowest BCUT2D eigenvalue weighted by atomic mass is 9.91. The van der Waals surface area contributed by atoms with Crippen molar-refractivity contribution in [3.63, 3.8) is 0 Å². The molecule has 0 saturated heterocycles.